The molecule has 0 radical (unpaired) electrons. The largest absolute Gasteiger partial charge is 0.440 e. The summed E-state index contributed by atoms with van der Waals surface area (Å²) < 4.78 is 39.2. The number of carbonyl (C=O) groups excluding carboxylic acids is 2. The highest BCUT2D eigenvalue weighted by Gasteiger charge is 2.30. The van der Waals surface area contributed by atoms with Gasteiger partial charge in [0.25, 0.3) is 0 Å². The first kappa shape index (κ1) is 13.6. The Kier molecular flexibility index (Phi) is 4.59. The van der Waals surface area contributed by atoms with Gasteiger partial charge in [-0.2, -0.15) is 13.2 Å². The van der Waals surface area contributed by atoms with Gasteiger partial charge in [-0.3, -0.25) is 4.79 Å². The van der Waals surface area contributed by atoms with Crippen LogP contribution < -0.4 is 10.6 Å². The summed E-state index contributed by atoms with van der Waals surface area (Å²) in [6.07, 6.45) is -3.91. The molecule has 0 bridgehead atoms. The lowest BCUT2D eigenvalue weighted by Gasteiger charge is -2.15. The second-order valence-corrected chi connectivity index (χ2v) is 3.68. The van der Waals surface area contributed by atoms with Crippen molar-refractivity contribution in [3.05, 3.63) is 0 Å². The molecule has 2 amide bonds. The number of alkyl halides is 3. The van der Waals surface area contributed by atoms with Gasteiger partial charge in [0, 0.05) is 6.54 Å². The number of alkyl carbamates (subject to hydrolysis) is 1. The third kappa shape index (κ3) is 5.41. The second kappa shape index (κ2) is 5.74. The molecule has 0 spiro atoms. The van der Waals surface area contributed by atoms with E-state index in [2.05, 4.69) is 15.4 Å². The van der Waals surface area contributed by atoms with Crippen molar-refractivity contribution in [1.82, 2.24) is 10.6 Å². The van der Waals surface area contributed by atoms with E-state index in [0.717, 1.165) is 6.42 Å². The van der Waals surface area contributed by atoms with Crippen molar-refractivity contribution in [2.45, 2.75) is 31.5 Å². The van der Waals surface area contributed by atoms with Crippen LogP contribution in [-0.2, 0) is 9.53 Å². The van der Waals surface area contributed by atoms with Crippen LogP contribution in [0.3, 0.4) is 0 Å². The monoisotopic (exact) mass is 254 g/mol. The number of halogens is 3. The highest BCUT2D eigenvalue weighted by molar-refractivity contribution is 5.85. The van der Waals surface area contributed by atoms with Gasteiger partial charge >= 0.3 is 12.3 Å². The molecule has 0 aromatic carbocycles. The van der Waals surface area contributed by atoms with Crippen LogP contribution in [0.4, 0.5) is 18.0 Å². The lowest BCUT2D eigenvalue weighted by molar-refractivity contribution is -0.160. The average molecular weight is 254 g/mol. The Morgan fingerprint density at radius 1 is 1.47 bits per heavy atom. The Labute approximate surface area is 95.7 Å². The lowest BCUT2D eigenvalue weighted by Crippen LogP contribution is -2.46. The molecule has 1 heterocycles. The molecule has 17 heavy (non-hydrogen) atoms. The van der Waals surface area contributed by atoms with E-state index in [-0.39, 0.29) is 0 Å². The molecule has 98 valence electrons. The number of amides is 2. The number of nitrogens with one attached hydrogen (secondary N) is 2. The first-order valence-electron chi connectivity index (χ1n) is 5.16. The highest BCUT2D eigenvalue weighted by Crippen LogP contribution is 2.14. The van der Waals surface area contributed by atoms with E-state index >= 15 is 0 Å². The van der Waals surface area contributed by atoms with Crippen LogP contribution >= 0.6 is 0 Å². The molecular weight excluding hydrogens is 241 g/mol. The molecule has 0 aromatic rings. The van der Waals surface area contributed by atoms with E-state index in [1.54, 1.807) is 0 Å². The fourth-order valence-electron chi connectivity index (χ4n) is 1.41. The predicted molar refractivity (Wildman–Crippen MR) is 51.2 cm³/mol. The summed E-state index contributed by atoms with van der Waals surface area (Å²) in [5.41, 5.74) is 0. The Hall–Kier alpha value is -1.47. The van der Waals surface area contributed by atoms with Crippen molar-refractivity contribution in [1.29, 1.82) is 0 Å². The van der Waals surface area contributed by atoms with Gasteiger partial charge in [-0.25, -0.2) is 4.79 Å². The molecule has 2 N–H and O–H groups in total. The molecule has 1 fully saturated rings. The van der Waals surface area contributed by atoms with E-state index in [0.29, 0.717) is 19.4 Å². The minimum atomic E-state index is -4.57. The lowest BCUT2D eigenvalue weighted by atomic mass is 10.1. The van der Waals surface area contributed by atoms with E-state index in [1.165, 1.54) is 0 Å². The molecule has 1 rings (SSSR count). The molecule has 0 aliphatic carbocycles. The van der Waals surface area contributed by atoms with Crippen LogP contribution in [0.25, 0.3) is 0 Å². The van der Waals surface area contributed by atoms with Gasteiger partial charge in [-0.1, -0.05) is 0 Å². The third-order valence-electron chi connectivity index (χ3n) is 2.19. The zero-order valence-corrected chi connectivity index (χ0v) is 8.97. The van der Waals surface area contributed by atoms with Gasteiger partial charge in [0.2, 0.25) is 5.91 Å². The fraction of sp³-hybridized carbons (Fsp3) is 0.778. The van der Waals surface area contributed by atoms with Gasteiger partial charge in [0.05, 0.1) is 0 Å². The second-order valence-electron chi connectivity index (χ2n) is 3.68. The van der Waals surface area contributed by atoms with Gasteiger partial charge in [0.15, 0.2) is 6.61 Å². The first-order valence-corrected chi connectivity index (χ1v) is 5.16. The summed E-state index contributed by atoms with van der Waals surface area (Å²) >= 11 is 0. The summed E-state index contributed by atoms with van der Waals surface area (Å²) in [5.74, 6) is -0.397. The van der Waals surface area contributed by atoms with Crippen LogP contribution in [0.1, 0.15) is 19.3 Å². The third-order valence-corrected chi connectivity index (χ3v) is 2.19. The maximum Gasteiger partial charge on any atom is 0.422 e. The molecule has 1 saturated heterocycles. The van der Waals surface area contributed by atoms with E-state index in [4.69, 9.17) is 0 Å². The van der Waals surface area contributed by atoms with Gasteiger partial charge in [-0.15, -0.1) is 0 Å². The topological polar surface area (TPSA) is 67.4 Å². The van der Waals surface area contributed by atoms with Crippen LogP contribution in [-0.4, -0.2) is 37.4 Å². The van der Waals surface area contributed by atoms with E-state index in [9.17, 15) is 22.8 Å². The van der Waals surface area contributed by atoms with Gasteiger partial charge in [-0.05, 0) is 19.3 Å². The van der Waals surface area contributed by atoms with Gasteiger partial charge in [0.1, 0.15) is 6.04 Å². The Morgan fingerprint density at radius 3 is 2.82 bits per heavy atom. The predicted octanol–water partition coefficient (Wildman–Crippen LogP) is 0.944. The summed E-state index contributed by atoms with van der Waals surface area (Å²) in [6, 6.07) is -0.821. The molecule has 0 aromatic heterocycles. The van der Waals surface area contributed by atoms with Crippen molar-refractivity contribution in [3.63, 3.8) is 0 Å². The fourth-order valence-corrected chi connectivity index (χ4v) is 1.41. The minimum Gasteiger partial charge on any atom is -0.440 e. The maximum atomic E-state index is 11.8. The molecule has 8 heteroatoms. The van der Waals surface area contributed by atoms with Crippen molar-refractivity contribution in [3.8, 4) is 0 Å². The molecule has 1 aliphatic rings. The quantitative estimate of drug-likeness (QED) is 0.770. The number of hydrogen-bond donors (Lipinski definition) is 2. The molecule has 5 nitrogen and oxygen atoms in total. The smallest absolute Gasteiger partial charge is 0.422 e. The van der Waals surface area contributed by atoms with Crippen LogP contribution in [0.5, 0.6) is 0 Å². The Bertz CT molecular complexity index is 294. The number of ether oxygens (including phenoxy) is 1. The zero-order valence-electron chi connectivity index (χ0n) is 8.97. The Balaban J connectivity index is 2.36. The van der Waals surface area contributed by atoms with E-state index in [1.807, 2.05) is 0 Å². The van der Waals surface area contributed by atoms with Crippen molar-refractivity contribution >= 4 is 12.0 Å². The highest BCUT2D eigenvalue weighted by atomic mass is 19.4. The molecule has 1 aliphatic heterocycles. The minimum absolute atomic E-state index is 0.396. The molecule has 1 atom stereocenters. The van der Waals surface area contributed by atoms with Crippen LogP contribution in [0, 0.1) is 0 Å². The summed E-state index contributed by atoms with van der Waals surface area (Å²) in [7, 11) is 0. The van der Waals surface area contributed by atoms with Gasteiger partial charge < -0.3 is 15.4 Å². The average Bonchev–Trinajstić information content (AvgIpc) is 2.41. The van der Waals surface area contributed by atoms with Crippen molar-refractivity contribution in [2.24, 2.45) is 0 Å². The van der Waals surface area contributed by atoms with Crippen molar-refractivity contribution < 1.29 is 27.5 Å². The molecule has 0 saturated carbocycles. The molecule has 0 unspecified atom stereocenters. The number of rotatable bonds is 2. The zero-order chi connectivity index (χ0) is 12.9. The van der Waals surface area contributed by atoms with Crippen molar-refractivity contribution in [2.75, 3.05) is 13.2 Å². The van der Waals surface area contributed by atoms with E-state index < -0.39 is 30.8 Å². The summed E-state index contributed by atoms with van der Waals surface area (Å²) in [6.45, 7) is -1.15. The SMILES string of the molecule is O=C(N[C@H]1CCCCNC1=O)OCC(F)(F)F. The normalized spacial score (nSPS) is 21.4. The standard InChI is InChI=1S/C9H13F3N2O3/c10-9(11,12)5-17-8(16)14-6-3-1-2-4-13-7(6)15/h6H,1-5H2,(H,13,15)(H,14,16)/t6-/m0/s1. The van der Waals surface area contributed by atoms with Crippen LogP contribution in [0.2, 0.25) is 0 Å². The first-order chi connectivity index (χ1) is 7.88. The number of carbonyl (C=O) groups is 2. The maximum absolute atomic E-state index is 11.8. The molecular formula is C9H13F3N2O3. The Morgan fingerprint density at radius 2 is 2.18 bits per heavy atom. The summed E-state index contributed by atoms with van der Waals surface area (Å²) in [5, 5.41) is 4.65. The number of hydrogen-bond acceptors (Lipinski definition) is 3. The summed E-state index contributed by atoms with van der Waals surface area (Å²) in [4.78, 5) is 22.3. The van der Waals surface area contributed by atoms with Crippen LogP contribution in [0.15, 0.2) is 0 Å².